The normalized spacial score (nSPS) is 12.2. The summed E-state index contributed by atoms with van der Waals surface area (Å²) in [7, 11) is 0. The monoisotopic (exact) mass is 336 g/mol. The van der Waals surface area contributed by atoms with Gasteiger partial charge in [0.1, 0.15) is 0 Å². The third kappa shape index (κ3) is 4.00. The minimum atomic E-state index is 0.136. The molecular weight excluding hydrogens is 320 g/mol. The van der Waals surface area contributed by atoms with Crippen LogP contribution in [0.5, 0.6) is 0 Å². The zero-order valence-corrected chi connectivity index (χ0v) is 13.2. The summed E-state index contributed by atoms with van der Waals surface area (Å²) in [6.07, 6.45) is 2.08. The first kappa shape index (κ1) is 14.4. The number of hydrogen-bond donors (Lipinski definition) is 2. The number of benzene rings is 2. The maximum absolute atomic E-state index is 5.88. The lowest BCUT2D eigenvalue weighted by molar-refractivity contribution is 0.789. The van der Waals surface area contributed by atoms with E-state index in [1.807, 2.05) is 24.3 Å². The average Bonchev–Trinajstić information content (AvgIpc) is 2.47. The summed E-state index contributed by atoms with van der Waals surface area (Å²) in [5.74, 6) is 0. The minimum absolute atomic E-state index is 0.136. The molecule has 0 fully saturated rings. The van der Waals surface area contributed by atoms with Crippen LogP contribution in [-0.2, 0) is 0 Å². The first-order valence-electron chi connectivity index (χ1n) is 6.09. The van der Waals surface area contributed by atoms with Gasteiger partial charge >= 0.3 is 0 Å². The van der Waals surface area contributed by atoms with Crippen LogP contribution >= 0.6 is 27.7 Å². The maximum atomic E-state index is 5.88. The van der Waals surface area contributed by atoms with Crippen molar-refractivity contribution in [1.82, 2.24) is 0 Å². The average molecular weight is 337 g/mol. The molecule has 0 bridgehead atoms. The van der Waals surface area contributed by atoms with E-state index in [2.05, 4.69) is 51.8 Å². The highest BCUT2D eigenvalue weighted by Gasteiger charge is 2.09. The van der Waals surface area contributed by atoms with Gasteiger partial charge in [-0.15, -0.1) is 11.8 Å². The molecule has 1 unspecified atom stereocenters. The summed E-state index contributed by atoms with van der Waals surface area (Å²) in [6, 6.07) is 16.8. The van der Waals surface area contributed by atoms with Gasteiger partial charge in [0.25, 0.3) is 0 Å². The molecule has 2 nitrogen and oxygen atoms in total. The molecule has 2 aromatic rings. The summed E-state index contributed by atoms with van der Waals surface area (Å²) in [5.41, 5.74) is 8.16. The van der Waals surface area contributed by atoms with Gasteiger partial charge in [0, 0.05) is 21.6 Å². The van der Waals surface area contributed by atoms with E-state index in [0.717, 1.165) is 10.2 Å². The van der Waals surface area contributed by atoms with Gasteiger partial charge in [-0.05, 0) is 48.2 Å². The molecule has 0 amide bonds. The van der Waals surface area contributed by atoms with Gasteiger partial charge in [-0.1, -0.05) is 28.1 Å². The molecule has 2 rings (SSSR count). The Morgan fingerprint density at radius 2 is 1.74 bits per heavy atom. The van der Waals surface area contributed by atoms with Crippen LogP contribution in [0, 0.1) is 0 Å². The first-order chi connectivity index (χ1) is 9.22. The third-order valence-electron chi connectivity index (χ3n) is 2.94. The molecule has 100 valence electrons. The Labute approximate surface area is 126 Å². The van der Waals surface area contributed by atoms with E-state index in [1.54, 1.807) is 11.8 Å². The second kappa shape index (κ2) is 6.98. The second-order valence-corrected chi connectivity index (χ2v) is 6.01. The predicted molar refractivity (Wildman–Crippen MR) is 87.8 cm³/mol. The molecule has 0 heterocycles. The molecule has 0 aliphatic heterocycles. The van der Waals surface area contributed by atoms with Crippen molar-refractivity contribution in [3.05, 3.63) is 58.6 Å². The highest BCUT2D eigenvalue weighted by atomic mass is 79.9. The summed E-state index contributed by atoms with van der Waals surface area (Å²) >= 11 is 5.18. The molecule has 0 aliphatic carbocycles. The Balaban J connectivity index is 2.12. The van der Waals surface area contributed by atoms with Crippen LogP contribution < -0.4 is 11.1 Å². The van der Waals surface area contributed by atoms with E-state index in [0.29, 0.717) is 6.54 Å². The van der Waals surface area contributed by atoms with E-state index in [9.17, 15) is 0 Å². The van der Waals surface area contributed by atoms with Gasteiger partial charge in [-0.3, -0.25) is 0 Å². The lowest BCUT2D eigenvalue weighted by Gasteiger charge is -2.19. The van der Waals surface area contributed by atoms with E-state index in [1.165, 1.54) is 10.5 Å². The molecule has 0 radical (unpaired) electrons. The fourth-order valence-corrected chi connectivity index (χ4v) is 2.53. The molecule has 0 saturated carbocycles. The molecule has 1 atom stereocenters. The van der Waals surface area contributed by atoms with Crippen LogP contribution in [0.1, 0.15) is 11.6 Å². The van der Waals surface area contributed by atoms with E-state index in [4.69, 9.17) is 5.73 Å². The number of hydrogen-bond acceptors (Lipinski definition) is 3. The van der Waals surface area contributed by atoms with E-state index < -0.39 is 0 Å². The lowest BCUT2D eigenvalue weighted by atomic mass is 10.1. The number of thioether (sulfide) groups is 1. The molecule has 0 saturated heterocycles. The van der Waals surface area contributed by atoms with Crippen molar-refractivity contribution in [2.75, 3.05) is 18.1 Å². The van der Waals surface area contributed by atoms with Crippen LogP contribution in [0.15, 0.2) is 57.9 Å². The van der Waals surface area contributed by atoms with Crippen LogP contribution in [0.2, 0.25) is 0 Å². The molecule has 0 spiro atoms. The number of anilines is 1. The maximum Gasteiger partial charge on any atom is 0.0636 e. The standard InChI is InChI=1S/C15H17BrN2S/c1-19-14-8-2-11(3-9-14)15(10-17)18-13-6-4-12(16)5-7-13/h2-9,15,18H,10,17H2,1H3. The van der Waals surface area contributed by atoms with Gasteiger partial charge in [-0.25, -0.2) is 0 Å². The highest BCUT2D eigenvalue weighted by Crippen LogP contribution is 2.23. The molecule has 2 aromatic carbocycles. The smallest absolute Gasteiger partial charge is 0.0636 e. The lowest BCUT2D eigenvalue weighted by Crippen LogP contribution is -2.20. The molecular formula is C15H17BrN2S. The predicted octanol–water partition coefficient (Wildman–Crippen LogP) is 4.28. The highest BCUT2D eigenvalue weighted by molar-refractivity contribution is 9.10. The zero-order valence-electron chi connectivity index (χ0n) is 10.8. The van der Waals surface area contributed by atoms with Gasteiger partial charge in [-0.2, -0.15) is 0 Å². The fraction of sp³-hybridized carbons (Fsp3) is 0.200. The first-order valence-corrected chi connectivity index (χ1v) is 8.11. The Bertz CT molecular complexity index is 511. The van der Waals surface area contributed by atoms with Gasteiger partial charge in [0.2, 0.25) is 0 Å². The van der Waals surface area contributed by atoms with Crippen LogP contribution in [-0.4, -0.2) is 12.8 Å². The van der Waals surface area contributed by atoms with E-state index >= 15 is 0 Å². The summed E-state index contributed by atoms with van der Waals surface area (Å²) in [6.45, 7) is 0.564. The quantitative estimate of drug-likeness (QED) is 0.800. The van der Waals surface area contributed by atoms with Gasteiger partial charge in [0.05, 0.1) is 6.04 Å². The van der Waals surface area contributed by atoms with Gasteiger partial charge in [0.15, 0.2) is 0 Å². The topological polar surface area (TPSA) is 38.0 Å². The van der Waals surface area contributed by atoms with E-state index in [-0.39, 0.29) is 6.04 Å². The number of nitrogens with one attached hydrogen (secondary N) is 1. The Kier molecular flexibility index (Phi) is 5.31. The van der Waals surface area contributed by atoms with Crippen LogP contribution in [0.4, 0.5) is 5.69 Å². The number of halogens is 1. The SMILES string of the molecule is CSc1ccc(C(CN)Nc2ccc(Br)cc2)cc1. The molecule has 3 N–H and O–H groups in total. The summed E-state index contributed by atoms with van der Waals surface area (Å²) in [5, 5.41) is 3.46. The van der Waals surface area contributed by atoms with Gasteiger partial charge < -0.3 is 11.1 Å². The van der Waals surface area contributed by atoms with Crippen LogP contribution in [0.25, 0.3) is 0 Å². The molecule has 0 aromatic heterocycles. The van der Waals surface area contributed by atoms with Crippen molar-refractivity contribution in [2.24, 2.45) is 5.73 Å². The Morgan fingerprint density at radius 1 is 1.11 bits per heavy atom. The Hall–Kier alpha value is -0.970. The fourth-order valence-electron chi connectivity index (χ4n) is 1.86. The minimum Gasteiger partial charge on any atom is -0.377 e. The largest absolute Gasteiger partial charge is 0.377 e. The number of nitrogens with two attached hydrogens (primary N) is 1. The van der Waals surface area contributed by atoms with Crippen molar-refractivity contribution >= 4 is 33.4 Å². The summed E-state index contributed by atoms with van der Waals surface area (Å²) in [4.78, 5) is 1.27. The summed E-state index contributed by atoms with van der Waals surface area (Å²) < 4.78 is 1.08. The third-order valence-corrected chi connectivity index (χ3v) is 4.21. The van der Waals surface area contributed by atoms with Crippen molar-refractivity contribution in [1.29, 1.82) is 0 Å². The van der Waals surface area contributed by atoms with Crippen molar-refractivity contribution in [3.63, 3.8) is 0 Å². The van der Waals surface area contributed by atoms with Crippen molar-refractivity contribution < 1.29 is 0 Å². The van der Waals surface area contributed by atoms with Crippen molar-refractivity contribution in [3.8, 4) is 0 Å². The second-order valence-electron chi connectivity index (χ2n) is 4.21. The van der Waals surface area contributed by atoms with Crippen LogP contribution in [0.3, 0.4) is 0 Å². The molecule has 4 heteroatoms. The Morgan fingerprint density at radius 3 is 2.26 bits per heavy atom. The molecule has 0 aliphatic rings. The zero-order chi connectivity index (χ0) is 13.7. The van der Waals surface area contributed by atoms with Crippen molar-refractivity contribution in [2.45, 2.75) is 10.9 Å². The number of rotatable bonds is 5. The molecule has 19 heavy (non-hydrogen) atoms.